The van der Waals surface area contributed by atoms with Crippen LogP contribution in [0.15, 0.2) is 0 Å². The van der Waals surface area contributed by atoms with Gasteiger partial charge in [0.15, 0.2) is 0 Å². The summed E-state index contributed by atoms with van der Waals surface area (Å²) in [4.78, 5) is 10.9. The maximum absolute atomic E-state index is 10.9. The number of rotatable bonds is 9. The van der Waals surface area contributed by atoms with Gasteiger partial charge < -0.3 is 13.9 Å². The molecular formula is C9H20O4P-. The number of hydrogen-bond donors (Lipinski definition) is 0. The van der Waals surface area contributed by atoms with Crippen LogP contribution in [0.3, 0.4) is 0 Å². The van der Waals surface area contributed by atoms with Crippen LogP contribution in [0.5, 0.6) is 0 Å². The third-order valence-electron chi connectivity index (χ3n) is 1.78. The van der Waals surface area contributed by atoms with Crippen LogP contribution in [-0.2, 0) is 13.6 Å². The fourth-order valence-electron chi connectivity index (χ4n) is 1.08. The first kappa shape index (κ1) is 14.1. The Hall–Kier alpha value is 0.110. The second kappa shape index (κ2) is 8.42. The molecule has 0 aliphatic heterocycles. The van der Waals surface area contributed by atoms with Crippen molar-refractivity contribution in [3.63, 3.8) is 0 Å². The maximum Gasteiger partial charge on any atom is 0.267 e. The summed E-state index contributed by atoms with van der Waals surface area (Å²) in [5.74, 6) is 0. The lowest BCUT2D eigenvalue weighted by molar-refractivity contribution is -0.225. The molecule has 0 amide bonds. The Balaban J connectivity index is 3.30. The Kier molecular flexibility index (Phi) is 8.49. The molecule has 0 rings (SSSR count). The summed E-state index contributed by atoms with van der Waals surface area (Å²) in [5, 5.41) is 0. The van der Waals surface area contributed by atoms with E-state index in [2.05, 4.69) is 16.0 Å². The lowest BCUT2D eigenvalue weighted by atomic mass is 10.2. The molecule has 14 heavy (non-hydrogen) atoms. The summed E-state index contributed by atoms with van der Waals surface area (Å²) >= 11 is 0. The second-order valence-corrected chi connectivity index (χ2v) is 4.52. The van der Waals surface area contributed by atoms with Crippen LogP contribution in [0, 0.1) is 0 Å². The highest BCUT2D eigenvalue weighted by Crippen LogP contribution is 2.37. The average molecular weight is 223 g/mol. The molecule has 0 fully saturated rings. The minimum absolute atomic E-state index is 0.136. The first-order valence-corrected chi connectivity index (χ1v) is 6.68. The Morgan fingerprint density at radius 3 is 2.29 bits per heavy atom. The summed E-state index contributed by atoms with van der Waals surface area (Å²) in [6, 6.07) is 0. The van der Waals surface area contributed by atoms with Crippen molar-refractivity contribution in [1.82, 2.24) is 0 Å². The highest BCUT2D eigenvalue weighted by molar-refractivity contribution is 7.45. The van der Waals surface area contributed by atoms with Crippen molar-refractivity contribution in [2.45, 2.75) is 46.0 Å². The van der Waals surface area contributed by atoms with Crippen LogP contribution >= 0.6 is 7.82 Å². The lowest BCUT2D eigenvalue weighted by Gasteiger charge is -2.21. The fourth-order valence-corrected chi connectivity index (χ4v) is 1.82. The predicted octanol–water partition coefficient (Wildman–Crippen LogP) is 2.48. The molecular weight excluding hydrogens is 203 g/mol. The zero-order chi connectivity index (χ0) is 10.9. The van der Waals surface area contributed by atoms with Crippen LogP contribution in [0.25, 0.3) is 0 Å². The molecule has 0 saturated heterocycles. The van der Waals surface area contributed by atoms with Gasteiger partial charge in [-0.15, -0.1) is 0 Å². The van der Waals surface area contributed by atoms with Gasteiger partial charge in [-0.2, -0.15) is 0 Å². The molecule has 0 bridgehead atoms. The van der Waals surface area contributed by atoms with Gasteiger partial charge in [0.2, 0.25) is 0 Å². The van der Waals surface area contributed by atoms with Gasteiger partial charge in [0, 0.05) is 0 Å². The smallest absolute Gasteiger partial charge is 0.267 e. The third-order valence-corrected chi connectivity index (χ3v) is 2.86. The quantitative estimate of drug-likeness (QED) is 0.445. The van der Waals surface area contributed by atoms with Gasteiger partial charge in [-0.1, -0.05) is 32.6 Å². The molecule has 0 spiro atoms. The number of unbranched alkanes of at least 4 members (excludes halogenated alkanes) is 4. The van der Waals surface area contributed by atoms with Crippen molar-refractivity contribution >= 4 is 7.82 Å². The van der Waals surface area contributed by atoms with Gasteiger partial charge in [-0.25, -0.2) is 0 Å². The number of phosphoric ester groups is 1. The first-order valence-electron chi connectivity index (χ1n) is 5.22. The monoisotopic (exact) mass is 223 g/mol. The molecule has 5 heteroatoms. The van der Waals surface area contributed by atoms with E-state index in [0.29, 0.717) is 0 Å². The molecule has 0 aromatic heterocycles. The molecule has 4 nitrogen and oxygen atoms in total. The molecule has 0 N–H and O–H groups in total. The van der Waals surface area contributed by atoms with Gasteiger partial charge in [-0.05, 0) is 13.3 Å². The summed E-state index contributed by atoms with van der Waals surface area (Å²) in [6.07, 6.45) is 5.30. The van der Waals surface area contributed by atoms with Gasteiger partial charge in [0.25, 0.3) is 7.82 Å². The minimum Gasteiger partial charge on any atom is -0.756 e. The van der Waals surface area contributed by atoms with E-state index in [1.54, 1.807) is 6.92 Å². The van der Waals surface area contributed by atoms with Crippen LogP contribution < -0.4 is 4.89 Å². The molecule has 0 radical (unpaired) electrons. The van der Waals surface area contributed by atoms with Gasteiger partial charge >= 0.3 is 0 Å². The number of hydrogen-bond acceptors (Lipinski definition) is 4. The van der Waals surface area contributed by atoms with Crippen molar-refractivity contribution in [2.75, 3.05) is 13.2 Å². The van der Waals surface area contributed by atoms with Gasteiger partial charge in [0.05, 0.1) is 13.2 Å². The Morgan fingerprint density at radius 2 is 1.71 bits per heavy atom. The van der Waals surface area contributed by atoms with Gasteiger partial charge in [-0.3, -0.25) is 4.57 Å². The minimum atomic E-state index is -4.00. The van der Waals surface area contributed by atoms with Crippen LogP contribution in [0.2, 0.25) is 0 Å². The molecule has 0 saturated carbocycles. The molecule has 0 aliphatic rings. The predicted molar refractivity (Wildman–Crippen MR) is 53.9 cm³/mol. The normalized spacial score (nSPS) is 15.4. The largest absolute Gasteiger partial charge is 0.756 e. The summed E-state index contributed by atoms with van der Waals surface area (Å²) < 4.78 is 20.0. The molecule has 86 valence electrons. The maximum atomic E-state index is 10.9. The molecule has 0 aliphatic carbocycles. The Labute approximate surface area is 86.2 Å². The van der Waals surface area contributed by atoms with Crippen molar-refractivity contribution in [1.29, 1.82) is 0 Å². The fraction of sp³-hybridized carbons (Fsp3) is 1.00. The zero-order valence-electron chi connectivity index (χ0n) is 9.03. The van der Waals surface area contributed by atoms with E-state index in [4.69, 9.17) is 0 Å². The van der Waals surface area contributed by atoms with E-state index in [9.17, 15) is 9.46 Å². The van der Waals surface area contributed by atoms with Crippen LogP contribution in [-0.4, -0.2) is 13.2 Å². The van der Waals surface area contributed by atoms with E-state index < -0.39 is 7.82 Å². The van der Waals surface area contributed by atoms with Crippen molar-refractivity contribution in [3.8, 4) is 0 Å². The second-order valence-electron chi connectivity index (χ2n) is 3.11. The third kappa shape index (κ3) is 8.70. The van der Waals surface area contributed by atoms with E-state index in [0.717, 1.165) is 19.3 Å². The standard InChI is InChI=1S/C9H21O4P/c1-3-5-6-7-8-9-13-14(10,11)12-4-2/h3-9H2,1-2H3,(H,10,11)/p-1. The van der Waals surface area contributed by atoms with E-state index in [1.807, 2.05) is 0 Å². The zero-order valence-corrected chi connectivity index (χ0v) is 9.92. The highest BCUT2D eigenvalue weighted by atomic mass is 31.2. The van der Waals surface area contributed by atoms with Crippen molar-refractivity contribution in [3.05, 3.63) is 0 Å². The van der Waals surface area contributed by atoms with E-state index >= 15 is 0 Å². The molecule has 0 aromatic carbocycles. The molecule has 0 aromatic rings. The number of phosphoric acid groups is 1. The van der Waals surface area contributed by atoms with Crippen LogP contribution in [0.1, 0.15) is 46.0 Å². The first-order chi connectivity index (χ1) is 6.62. The Morgan fingerprint density at radius 1 is 1.07 bits per heavy atom. The highest BCUT2D eigenvalue weighted by Gasteiger charge is 2.06. The van der Waals surface area contributed by atoms with E-state index in [1.165, 1.54) is 12.8 Å². The SMILES string of the molecule is CCCCCCCOP(=O)([O-])OCC. The molecule has 1 atom stereocenters. The summed E-state index contributed by atoms with van der Waals surface area (Å²) in [7, 11) is -4.00. The Bertz CT molecular complexity index is 172. The topological polar surface area (TPSA) is 58.6 Å². The average Bonchev–Trinajstić information content (AvgIpc) is 2.11. The van der Waals surface area contributed by atoms with Crippen molar-refractivity contribution in [2.24, 2.45) is 0 Å². The van der Waals surface area contributed by atoms with Gasteiger partial charge in [0.1, 0.15) is 0 Å². The lowest BCUT2D eigenvalue weighted by Crippen LogP contribution is -2.08. The summed E-state index contributed by atoms with van der Waals surface area (Å²) in [6.45, 7) is 4.13. The van der Waals surface area contributed by atoms with Crippen LogP contribution in [0.4, 0.5) is 0 Å². The van der Waals surface area contributed by atoms with Crippen molar-refractivity contribution < 1.29 is 18.5 Å². The molecule has 1 unspecified atom stereocenters. The summed E-state index contributed by atoms with van der Waals surface area (Å²) in [5.41, 5.74) is 0. The molecule has 0 heterocycles. The van der Waals surface area contributed by atoms with E-state index in [-0.39, 0.29) is 13.2 Å².